The molecule has 0 spiro atoms. The van der Waals surface area contributed by atoms with Gasteiger partial charge in [-0.15, -0.1) is 0 Å². The SMILES string of the molecule is CCNCc1ccc(S(=O)(=O)NCC2CCCCC2O)o1. The van der Waals surface area contributed by atoms with Crippen LogP contribution in [0.4, 0.5) is 0 Å². The first-order valence-electron chi connectivity index (χ1n) is 7.50. The van der Waals surface area contributed by atoms with E-state index in [0.29, 0.717) is 12.3 Å². The average Bonchev–Trinajstić information content (AvgIpc) is 2.94. The molecule has 1 heterocycles. The molecule has 1 saturated carbocycles. The summed E-state index contributed by atoms with van der Waals surface area (Å²) >= 11 is 0. The summed E-state index contributed by atoms with van der Waals surface area (Å²) in [5.74, 6) is 0.583. The number of hydrogen-bond acceptors (Lipinski definition) is 5. The molecule has 1 fully saturated rings. The molecule has 2 atom stereocenters. The van der Waals surface area contributed by atoms with Crippen molar-refractivity contribution in [3.63, 3.8) is 0 Å². The topological polar surface area (TPSA) is 91.6 Å². The fourth-order valence-corrected chi connectivity index (χ4v) is 3.60. The second-order valence-corrected chi connectivity index (χ2v) is 7.16. The molecule has 1 aromatic heterocycles. The van der Waals surface area contributed by atoms with Gasteiger partial charge < -0.3 is 14.8 Å². The van der Waals surface area contributed by atoms with Crippen molar-refractivity contribution in [3.8, 4) is 0 Å². The number of sulfonamides is 1. The highest BCUT2D eigenvalue weighted by Gasteiger charge is 2.26. The van der Waals surface area contributed by atoms with Gasteiger partial charge in [0.1, 0.15) is 5.76 Å². The smallest absolute Gasteiger partial charge is 0.273 e. The van der Waals surface area contributed by atoms with Crippen LogP contribution in [0.2, 0.25) is 0 Å². The number of furan rings is 1. The Kier molecular flexibility index (Phi) is 5.80. The van der Waals surface area contributed by atoms with Crippen molar-refractivity contribution in [2.24, 2.45) is 5.92 Å². The standard InChI is InChI=1S/C14H24N2O4S/c1-2-15-10-12-7-8-14(20-12)21(18,19)16-9-11-5-3-4-6-13(11)17/h7-8,11,13,15-17H,2-6,9-10H2,1H3. The summed E-state index contributed by atoms with van der Waals surface area (Å²) in [4.78, 5) is 0. The van der Waals surface area contributed by atoms with E-state index in [1.807, 2.05) is 6.92 Å². The normalized spacial score (nSPS) is 23.3. The second kappa shape index (κ2) is 7.40. The van der Waals surface area contributed by atoms with Crippen LogP contribution in [0.5, 0.6) is 0 Å². The third kappa shape index (κ3) is 4.54. The van der Waals surface area contributed by atoms with Crippen LogP contribution in [0.15, 0.2) is 21.6 Å². The van der Waals surface area contributed by atoms with Crippen molar-refractivity contribution < 1.29 is 17.9 Å². The van der Waals surface area contributed by atoms with E-state index >= 15 is 0 Å². The molecule has 21 heavy (non-hydrogen) atoms. The van der Waals surface area contributed by atoms with Crippen LogP contribution in [0.3, 0.4) is 0 Å². The molecule has 6 nitrogen and oxygen atoms in total. The van der Waals surface area contributed by atoms with Gasteiger partial charge in [0.25, 0.3) is 10.0 Å². The number of aliphatic hydroxyl groups excluding tert-OH is 1. The first kappa shape index (κ1) is 16.5. The van der Waals surface area contributed by atoms with E-state index in [1.54, 1.807) is 6.07 Å². The van der Waals surface area contributed by atoms with Gasteiger partial charge in [-0.3, -0.25) is 0 Å². The molecule has 1 aromatic rings. The maximum atomic E-state index is 12.2. The molecule has 2 unspecified atom stereocenters. The molecule has 0 aromatic carbocycles. The summed E-state index contributed by atoms with van der Waals surface area (Å²) in [6, 6.07) is 3.12. The lowest BCUT2D eigenvalue weighted by Crippen LogP contribution is -2.36. The Morgan fingerprint density at radius 2 is 2.10 bits per heavy atom. The number of hydrogen-bond donors (Lipinski definition) is 3. The summed E-state index contributed by atoms with van der Waals surface area (Å²) in [6.07, 6.45) is 3.24. The molecule has 7 heteroatoms. The Morgan fingerprint density at radius 3 is 2.81 bits per heavy atom. The average molecular weight is 316 g/mol. The van der Waals surface area contributed by atoms with E-state index in [0.717, 1.165) is 32.2 Å². The lowest BCUT2D eigenvalue weighted by atomic mass is 9.87. The van der Waals surface area contributed by atoms with Crippen LogP contribution >= 0.6 is 0 Å². The lowest BCUT2D eigenvalue weighted by Gasteiger charge is -2.27. The third-order valence-corrected chi connectivity index (χ3v) is 5.15. The zero-order valence-electron chi connectivity index (χ0n) is 12.3. The molecule has 2 rings (SSSR count). The van der Waals surface area contributed by atoms with Crippen molar-refractivity contribution in [1.82, 2.24) is 10.0 Å². The van der Waals surface area contributed by atoms with Crippen LogP contribution < -0.4 is 10.0 Å². The minimum absolute atomic E-state index is 0.00952. The van der Waals surface area contributed by atoms with Crippen LogP contribution in [0.1, 0.15) is 38.4 Å². The van der Waals surface area contributed by atoms with Gasteiger partial charge in [-0.1, -0.05) is 19.8 Å². The van der Waals surface area contributed by atoms with E-state index < -0.39 is 16.1 Å². The molecule has 0 radical (unpaired) electrons. The van der Waals surface area contributed by atoms with Gasteiger partial charge in [0.05, 0.1) is 12.6 Å². The van der Waals surface area contributed by atoms with Gasteiger partial charge in [-0.2, -0.15) is 0 Å². The molecular formula is C14H24N2O4S. The first-order valence-corrected chi connectivity index (χ1v) is 8.98. The first-order chi connectivity index (χ1) is 10.0. The zero-order chi connectivity index (χ0) is 15.3. The van der Waals surface area contributed by atoms with Gasteiger partial charge in [-0.25, -0.2) is 13.1 Å². The number of nitrogens with one attached hydrogen (secondary N) is 2. The summed E-state index contributed by atoms with van der Waals surface area (Å²) in [5.41, 5.74) is 0. The van der Waals surface area contributed by atoms with Crippen molar-refractivity contribution in [3.05, 3.63) is 17.9 Å². The molecular weight excluding hydrogens is 292 g/mol. The van der Waals surface area contributed by atoms with Crippen molar-refractivity contribution in [1.29, 1.82) is 0 Å². The van der Waals surface area contributed by atoms with Gasteiger partial charge in [-0.05, 0) is 37.4 Å². The van der Waals surface area contributed by atoms with E-state index in [2.05, 4.69) is 10.0 Å². The molecule has 120 valence electrons. The highest BCUT2D eigenvalue weighted by Crippen LogP contribution is 2.24. The van der Waals surface area contributed by atoms with Crippen molar-refractivity contribution in [2.75, 3.05) is 13.1 Å². The summed E-state index contributed by atoms with van der Waals surface area (Å²) in [7, 11) is -3.64. The van der Waals surface area contributed by atoms with E-state index in [-0.39, 0.29) is 17.6 Å². The number of aliphatic hydroxyl groups is 1. The lowest BCUT2D eigenvalue weighted by molar-refractivity contribution is 0.0724. The summed E-state index contributed by atoms with van der Waals surface area (Å²) < 4.78 is 32.2. The Morgan fingerprint density at radius 1 is 1.33 bits per heavy atom. The van der Waals surface area contributed by atoms with Crippen LogP contribution in [0, 0.1) is 5.92 Å². The Balaban J connectivity index is 1.93. The van der Waals surface area contributed by atoms with Gasteiger partial charge in [0, 0.05) is 6.54 Å². The van der Waals surface area contributed by atoms with E-state index in [1.165, 1.54) is 6.07 Å². The molecule has 0 bridgehead atoms. The Hall–Kier alpha value is -0.890. The molecule has 1 aliphatic carbocycles. The fourth-order valence-electron chi connectivity index (χ4n) is 2.56. The third-order valence-electron chi connectivity index (χ3n) is 3.86. The van der Waals surface area contributed by atoms with Crippen molar-refractivity contribution in [2.45, 2.75) is 50.3 Å². The van der Waals surface area contributed by atoms with Gasteiger partial charge in [0.15, 0.2) is 0 Å². The van der Waals surface area contributed by atoms with E-state index in [9.17, 15) is 13.5 Å². The van der Waals surface area contributed by atoms with E-state index in [4.69, 9.17) is 4.42 Å². The molecule has 0 aliphatic heterocycles. The summed E-state index contributed by atoms with van der Waals surface area (Å²) in [5, 5.41) is 12.9. The van der Waals surface area contributed by atoms with Crippen LogP contribution in [-0.2, 0) is 16.6 Å². The highest BCUT2D eigenvalue weighted by atomic mass is 32.2. The van der Waals surface area contributed by atoms with Crippen molar-refractivity contribution >= 4 is 10.0 Å². The quantitative estimate of drug-likeness (QED) is 0.703. The molecule has 0 saturated heterocycles. The largest absolute Gasteiger partial charge is 0.447 e. The highest BCUT2D eigenvalue weighted by molar-refractivity contribution is 7.89. The monoisotopic (exact) mass is 316 g/mol. The molecule has 3 N–H and O–H groups in total. The second-order valence-electron chi connectivity index (χ2n) is 5.46. The fraction of sp³-hybridized carbons (Fsp3) is 0.714. The van der Waals surface area contributed by atoms with Gasteiger partial charge >= 0.3 is 0 Å². The van der Waals surface area contributed by atoms with Crippen LogP contribution in [0.25, 0.3) is 0 Å². The van der Waals surface area contributed by atoms with Crippen LogP contribution in [-0.4, -0.2) is 32.7 Å². The zero-order valence-corrected chi connectivity index (χ0v) is 13.2. The molecule has 1 aliphatic rings. The van der Waals surface area contributed by atoms with Gasteiger partial charge in [0.2, 0.25) is 5.09 Å². The minimum atomic E-state index is -3.64. The Labute approximate surface area is 126 Å². The summed E-state index contributed by atoms with van der Waals surface area (Å²) in [6.45, 7) is 3.53. The molecule has 0 amide bonds. The predicted octanol–water partition coefficient (Wildman–Crippen LogP) is 1.22. The minimum Gasteiger partial charge on any atom is -0.447 e. The number of rotatable bonds is 7. The maximum absolute atomic E-state index is 12.2. The predicted molar refractivity (Wildman–Crippen MR) is 79.2 cm³/mol. The maximum Gasteiger partial charge on any atom is 0.273 e. The Bertz CT molecular complexity index is 541.